The van der Waals surface area contributed by atoms with Gasteiger partial charge in [-0.3, -0.25) is 0 Å². The third-order valence-electron chi connectivity index (χ3n) is 2.30. The molecule has 0 N–H and O–H groups in total. The Bertz CT molecular complexity index is 437. The van der Waals surface area contributed by atoms with Crippen LogP contribution in [0.5, 0.6) is 0 Å². The van der Waals surface area contributed by atoms with Gasteiger partial charge in [0.1, 0.15) is 12.1 Å². The molecular formula is C8H2N2O2. The molecule has 0 aromatic heterocycles. The molecule has 2 unspecified atom stereocenters. The molecule has 1 saturated heterocycles. The molecule has 0 radical (unpaired) electrons. The minimum absolute atomic E-state index is 0.508. The number of ether oxygens (including phenoxy) is 2. The lowest BCUT2D eigenvalue weighted by atomic mass is 9.91. The fourth-order valence-electron chi connectivity index (χ4n) is 1.51. The Morgan fingerprint density at radius 1 is 1.33 bits per heavy atom. The van der Waals surface area contributed by atoms with Crippen molar-refractivity contribution >= 4 is 0 Å². The van der Waals surface area contributed by atoms with Gasteiger partial charge < -0.3 is 9.47 Å². The molecule has 0 aromatic rings. The van der Waals surface area contributed by atoms with Crippen molar-refractivity contribution in [1.82, 2.24) is 0 Å². The molecule has 56 valence electrons. The van der Waals surface area contributed by atoms with Crippen molar-refractivity contribution in [2.24, 2.45) is 0 Å². The highest BCUT2D eigenvalue weighted by molar-refractivity contribution is 5.61. The standard InChI is InChI=1S/C8H2N2O2/c9-3-7-2-1-5-6(11-5)8(7,4-10)12-7/h1-2H. The zero-order valence-electron chi connectivity index (χ0n) is 5.87. The molecule has 1 fully saturated rings. The Kier molecular flexibility index (Phi) is 0.612. The van der Waals surface area contributed by atoms with Gasteiger partial charge in [-0.2, -0.15) is 10.5 Å². The molecule has 0 spiro atoms. The Morgan fingerprint density at radius 2 is 2.17 bits per heavy atom. The van der Waals surface area contributed by atoms with Crippen molar-refractivity contribution < 1.29 is 9.47 Å². The Balaban J connectivity index is 2.20. The van der Waals surface area contributed by atoms with Crippen molar-refractivity contribution in [3.05, 3.63) is 23.7 Å². The lowest BCUT2D eigenvalue weighted by Gasteiger charge is -1.96. The number of hydrogen-bond acceptors (Lipinski definition) is 4. The molecule has 4 heteroatoms. The van der Waals surface area contributed by atoms with E-state index >= 15 is 0 Å². The molecular weight excluding hydrogens is 156 g/mol. The number of epoxide rings is 1. The summed E-state index contributed by atoms with van der Waals surface area (Å²) in [4.78, 5) is 0. The van der Waals surface area contributed by atoms with E-state index in [1.165, 1.54) is 0 Å². The fraction of sp³-hybridized carbons (Fsp3) is 0.250. The highest BCUT2D eigenvalue weighted by Gasteiger charge is 2.79. The van der Waals surface area contributed by atoms with Gasteiger partial charge in [0.05, 0.1) is 0 Å². The van der Waals surface area contributed by atoms with Gasteiger partial charge in [0.2, 0.25) is 5.60 Å². The first kappa shape index (κ1) is 5.82. The third-order valence-corrected chi connectivity index (χ3v) is 2.30. The zero-order valence-corrected chi connectivity index (χ0v) is 5.87. The van der Waals surface area contributed by atoms with Gasteiger partial charge in [0.25, 0.3) is 5.60 Å². The number of hydrogen-bond donors (Lipinski definition) is 0. The number of rotatable bonds is 0. The molecule has 2 aliphatic heterocycles. The van der Waals surface area contributed by atoms with Gasteiger partial charge in [-0.05, 0) is 12.2 Å². The number of allylic oxidation sites excluding steroid dienone is 1. The van der Waals surface area contributed by atoms with E-state index in [-0.39, 0.29) is 0 Å². The van der Waals surface area contributed by atoms with Gasteiger partial charge in [0.15, 0.2) is 11.5 Å². The average Bonchev–Trinajstić information content (AvgIpc) is 2.97. The molecule has 3 rings (SSSR count). The van der Waals surface area contributed by atoms with Crippen LogP contribution in [0.3, 0.4) is 0 Å². The monoisotopic (exact) mass is 158 g/mol. The van der Waals surface area contributed by atoms with Crippen molar-refractivity contribution in [2.45, 2.75) is 11.2 Å². The van der Waals surface area contributed by atoms with Crippen LogP contribution in [0.1, 0.15) is 0 Å². The third kappa shape index (κ3) is 0.345. The molecule has 2 atom stereocenters. The van der Waals surface area contributed by atoms with Crippen LogP contribution in [-0.4, -0.2) is 11.2 Å². The Labute approximate surface area is 67.9 Å². The van der Waals surface area contributed by atoms with E-state index in [0.717, 1.165) is 0 Å². The minimum Gasteiger partial charge on any atom is -0.450 e. The van der Waals surface area contributed by atoms with Crippen LogP contribution in [-0.2, 0) is 9.47 Å². The summed E-state index contributed by atoms with van der Waals surface area (Å²) in [7, 11) is 0. The average molecular weight is 158 g/mol. The first-order valence-electron chi connectivity index (χ1n) is 3.42. The molecule has 1 aliphatic carbocycles. The SMILES string of the molecule is N#CC12C=CC3=C(O3)C1(C#N)O2. The van der Waals surface area contributed by atoms with Crippen LogP contribution in [0.25, 0.3) is 0 Å². The molecule has 2 heterocycles. The normalized spacial score (nSPS) is 44.8. The summed E-state index contributed by atoms with van der Waals surface area (Å²) < 4.78 is 10.1. The maximum Gasteiger partial charge on any atom is 0.264 e. The van der Waals surface area contributed by atoms with E-state index in [1.807, 2.05) is 12.1 Å². The van der Waals surface area contributed by atoms with Crippen LogP contribution in [0.4, 0.5) is 0 Å². The van der Waals surface area contributed by atoms with Gasteiger partial charge >= 0.3 is 0 Å². The number of fused-ring (bicyclic) bond motifs is 2. The quantitative estimate of drug-likeness (QED) is 0.477. The molecule has 0 aromatic carbocycles. The van der Waals surface area contributed by atoms with Crippen molar-refractivity contribution in [1.29, 1.82) is 10.5 Å². The lowest BCUT2D eigenvalue weighted by Crippen LogP contribution is -2.21. The van der Waals surface area contributed by atoms with E-state index in [9.17, 15) is 0 Å². The van der Waals surface area contributed by atoms with Gasteiger partial charge in [-0.15, -0.1) is 0 Å². The topological polar surface area (TPSA) is 72.6 Å². The van der Waals surface area contributed by atoms with Crippen LogP contribution < -0.4 is 0 Å². The lowest BCUT2D eigenvalue weighted by molar-refractivity contribution is 0.317. The van der Waals surface area contributed by atoms with E-state index in [4.69, 9.17) is 20.0 Å². The largest absolute Gasteiger partial charge is 0.450 e. The van der Waals surface area contributed by atoms with Crippen LogP contribution >= 0.6 is 0 Å². The second-order valence-corrected chi connectivity index (χ2v) is 2.87. The van der Waals surface area contributed by atoms with Crippen molar-refractivity contribution in [3.8, 4) is 12.1 Å². The fourth-order valence-corrected chi connectivity index (χ4v) is 1.51. The number of nitrogens with zero attached hydrogens (tertiary/aromatic N) is 2. The first-order valence-corrected chi connectivity index (χ1v) is 3.42. The molecule has 0 bridgehead atoms. The predicted octanol–water partition coefficient (Wildman–Crippen LogP) is 0.353. The highest BCUT2D eigenvalue weighted by Crippen LogP contribution is 2.61. The molecule has 0 amide bonds. The summed E-state index contributed by atoms with van der Waals surface area (Å²) >= 11 is 0. The van der Waals surface area contributed by atoms with Crippen molar-refractivity contribution in [2.75, 3.05) is 0 Å². The predicted molar refractivity (Wildman–Crippen MR) is 35.0 cm³/mol. The summed E-state index contributed by atoms with van der Waals surface area (Å²) in [5.41, 5.74) is -2.19. The zero-order chi connectivity index (χ0) is 8.40. The molecule has 4 nitrogen and oxygen atoms in total. The van der Waals surface area contributed by atoms with E-state index in [0.29, 0.717) is 11.5 Å². The van der Waals surface area contributed by atoms with E-state index in [2.05, 4.69) is 0 Å². The van der Waals surface area contributed by atoms with Gasteiger partial charge in [-0.25, -0.2) is 0 Å². The van der Waals surface area contributed by atoms with Gasteiger partial charge in [-0.1, -0.05) is 0 Å². The van der Waals surface area contributed by atoms with Crippen LogP contribution in [0, 0.1) is 22.7 Å². The van der Waals surface area contributed by atoms with E-state index < -0.39 is 11.2 Å². The smallest absolute Gasteiger partial charge is 0.264 e. The Hall–Kier alpha value is -1.78. The maximum atomic E-state index is 8.81. The maximum absolute atomic E-state index is 8.81. The molecule has 0 saturated carbocycles. The molecule has 12 heavy (non-hydrogen) atoms. The summed E-state index contributed by atoms with van der Waals surface area (Å²) in [6.07, 6.45) is 3.24. The number of nitriles is 2. The van der Waals surface area contributed by atoms with Crippen LogP contribution in [0.15, 0.2) is 23.7 Å². The van der Waals surface area contributed by atoms with E-state index in [1.54, 1.807) is 12.2 Å². The minimum atomic E-state index is -1.12. The van der Waals surface area contributed by atoms with Gasteiger partial charge in [0, 0.05) is 0 Å². The second-order valence-electron chi connectivity index (χ2n) is 2.87. The van der Waals surface area contributed by atoms with Crippen molar-refractivity contribution in [3.63, 3.8) is 0 Å². The highest BCUT2D eigenvalue weighted by atomic mass is 16.7. The summed E-state index contributed by atoms with van der Waals surface area (Å²) in [6, 6.07) is 3.92. The van der Waals surface area contributed by atoms with Crippen LogP contribution in [0.2, 0.25) is 0 Å². The summed E-state index contributed by atoms with van der Waals surface area (Å²) in [5.74, 6) is 1.17. The summed E-state index contributed by atoms with van der Waals surface area (Å²) in [6.45, 7) is 0. The Morgan fingerprint density at radius 3 is 2.83 bits per heavy atom. The molecule has 3 aliphatic rings. The second kappa shape index (κ2) is 1.26. The summed E-state index contributed by atoms with van der Waals surface area (Å²) in [5, 5.41) is 17.6. The first-order chi connectivity index (χ1) is 5.78.